The van der Waals surface area contributed by atoms with Crippen LogP contribution < -0.4 is 10.2 Å². The van der Waals surface area contributed by atoms with Gasteiger partial charge in [0.25, 0.3) is 5.91 Å². The van der Waals surface area contributed by atoms with E-state index in [0.717, 1.165) is 34.0 Å². The Labute approximate surface area is 229 Å². The van der Waals surface area contributed by atoms with Gasteiger partial charge >= 0.3 is 0 Å². The quantitative estimate of drug-likeness (QED) is 0.305. The highest BCUT2D eigenvalue weighted by Crippen LogP contribution is 2.33. The van der Waals surface area contributed by atoms with Gasteiger partial charge < -0.3 is 19.8 Å². The van der Waals surface area contributed by atoms with Crippen molar-refractivity contribution in [3.63, 3.8) is 0 Å². The fourth-order valence-electron chi connectivity index (χ4n) is 4.79. The van der Waals surface area contributed by atoms with Crippen molar-refractivity contribution in [1.82, 2.24) is 19.5 Å². The third-order valence-electron chi connectivity index (χ3n) is 7.13. The second kappa shape index (κ2) is 10.5. The zero-order valence-electron chi connectivity index (χ0n) is 21.5. The molecule has 198 valence electrons. The van der Waals surface area contributed by atoms with Gasteiger partial charge in [0.05, 0.1) is 18.2 Å². The molecule has 0 radical (unpaired) electrons. The van der Waals surface area contributed by atoms with Crippen molar-refractivity contribution in [2.24, 2.45) is 0 Å². The van der Waals surface area contributed by atoms with Crippen LogP contribution in [0.1, 0.15) is 27.0 Å². The Morgan fingerprint density at radius 1 is 1.03 bits per heavy atom. The SMILES string of the molecule is COc1ccccc1C(=O)N1CCN(Cc2cc(Nn3c(O)c(C)c(C)c3O)nc3cc(Br)ccc23)CC1. The highest BCUT2D eigenvalue weighted by Gasteiger charge is 2.25. The number of fused-ring (bicyclic) bond motifs is 1. The van der Waals surface area contributed by atoms with Crippen LogP contribution in [0.4, 0.5) is 5.82 Å². The monoisotopic (exact) mass is 579 g/mol. The van der Waals surface area contributed by atoms with E-state index in [9.17, 15) is 15.0 Å². The van der Waals surface area contributed by atoms with Crippen LogP contribution in [0.3, 0.4) is 0 Å². The number of halogens is 1. The van der Waals surface area contributed by atoms with Crippen LogP contribution in [0.15, 0.2) is 53.0 Å². The summed E-state index contributed by atoms with van der Waals surface area (Å²) in [5.41, 5.74) is 6.65. The summed E-state index contributed by atoms with van der Waals surface area (Å²) in [7, 11) is 1.58. The molecule has 0 unspecified atom stereocenters. The zero-order valence-corrected chi connectivity index (χ0v) is 23.1. The van der Waals surface area contributed by atoms with Crippen LogP contribution >= 0.6 is 15.9 Å². The van der Waals surface area contributed by atoms with Crippen molar-refractivity contribution in [2.45, 2.75) is 20.4 Å². The van der Waals surface area contributed by atoms with E-state index in [4.69, 9.17) is 9.72 Å². The molecule has 38 heavy (non-hydrogen) atoms. The minimum Gasteiger partial charge on any atom is -0.496 e. The average molecular weight is 580 g/mol. The highest BCUT2D eigenvalue weighted by atomic mass is 79.9. The summed E-state index contributed by atoms with van der Waals surface area (Å²) in [5.74, 6) is 0.933. The predicted molar refractivity (Wildman–Crippen MR) is 150 cm³/mol. The molecule has 5 rings (SSSR count). The lowest BCUT2D eigenvalue weighted by Gasteiger charge is -2.35. The van der Waals surface area contributed by atoms with Crippen LogP contribution in [-0.2, 0) is 6.54 Å². The molecule has 1 saturated heterocycles. The number of para-hydroxylation sites is 1. The van der Waals surface area contributed by atoms with Gasteiger partial charge in [0.1, 0.15) is 11.6 Å². The van der Waals surface area contributed by atoms with Crippen molar-refractivity contribution < 1.29 is 19.7 Å². The molecule has 2 aromatic carbocycles. The zero-order chi connectivity index (χ0) is 27.0. The second-order valence-electron chi connectivity index (χ2n) is 9.44. The first-order valence-corrected chi connectivity index (χ1v) is 13.2. The molecule has 1 fully saturated rings. The number of rotatable bonds is 6. The topological polar surface area (TPSA) is 103 Å². The van der Waals surface area contributed by atoms with Crippen molar-refractivity contribution in [3.05, 3.63) is 75.3 Å². The van der Waals surface area contributed by atoms with E-state index in [1.54, 1.807) is 33.1 Å². The van der Waals surface area contributed by atoms with Gasteiger partial charge in [-0.2, -0.15) is 4.68 Å². The number of aromatic nitrogens is 2. The molecule has 4 aromatic rings. The molecule has 0 bridgehead atoms. The number of pyridine rings is 1. The van der Waals surface area contributed by atoms with Crippen molar-refractivity contribution in [1.29, 1.82) is 0 Å². The van der Waals surface area contributed by atoms with Gasteiger partial charge in [-0.1, -0.05) is 34.1 Å². The summed E-state index contributed by atoms with van der Waals surface area (Å²) in [6.45, 7) is 6.83. The summed E-state index contributed by atoms with van der Waals surface area (Å²) in [4.78, 5) is 22.0. The highest BCUT2D eigenvalue weighted by molar-refractivity contribution is 9.10. The number of piperazine rings is 1. The molecular formula is C28H30BrN5O4. The molecule has 10 heteroatoms. The fourth-order valence-corrected chi connectivity index (χ4v) is 5.14. The van der Waals surface area contributed by atoms with E-state index < -0.39 is 0 Å². The van der Waals surface area contributed by atoms with Gasteiger partial charge in [-0.05, 0) is 49.7 Å². The normalized spacial score (nSPS) is 14.2. The Balaban J connectivity index is 1.36. The summed E-state index contributed by atoms with van der Waals surface area (Å²) in [6, 6.07) is 15.2. The number of benzene rings is 2. The standard InChI is InChI=1S/C28H30BrN5O4/c1-17-18(2)27(36)34(26(17)35)31-25-14-19(21-9-8-20(29)15-23(21)30-25)16-32-10-12-33(13-11-32)28(37)22-6-4-5-7-24(22)38-3/h4-9,14-15,35-36H,10-13,16H2,1-3H3,(H,30,31). The lowest BCUT2D eigenvalue weighted by atomic mass is 10.1. The Morgan fingerprint density at radius 3 is 2.39 bits per heavy atom. The number of ether oxygens (including phenoxy) is 1. The second-order valence-corrected chi connectivity index (χ2v) is 10.4. The van der Waals surface area contributed by atoms with Crippen molar-refractivity contribution in [2.75, 3.05) is 38.7 Å². The Morgan fingerprint density at radius 2 is 1.71 bits per heavy atom. The first kappa shape index (κ1) is 25.9. The maximum Gasteiger partial charge on any atom is 0.257 e. The first-order valence-electron chi connectivity index (χ1n) is 12.4. The summed E-state index contributed by atoms with van der Waals surface area (Å²) in [6.07, 6.45) is 0. The number of carbonyl (C=O) groups is 1. The van der Waals surface area contributed by atoms with Gasteiger partial charge in [0, 0.05) is 53.7 Å². The minimum atomic E-state index is -0.0616. The Bertz CT molecular complexity index is 1490. The number of carbonyl (C=O) groups excluding carboxylic acids is 1. The summed E-state index contributed by atoms with van der Waals surface area (Å²) in [5, 5.41) is 22.0. The third kappa shape index (κ3) is 4.89. The van der Waals surface area contributed by atoms with Crippen LogP contribution in [0.25, 0.3) is 10.9 Å². The number of hydrogen-bond donors (Lipinski definition) is 3. The number of amides is 1. The van der Waals surface area contributed by atoms with E-state index >= 15 is 0 Å². The van der Waals surface area contributed by atoms with Crippen molar-refractivity contribution in [3.8, 4) is 17.5 Å². The number of hydrogen-bond acceptors (Lipinski definition) is 7. The molecule has 1 aliphatic rings. The smallest absolute Gasteiger partial charge is 0.257 e. The molecule has 9 nitrogen and oxygen atoms in total. The maximum atomic E-state index is 13.1. The van der Waals surface area contributed by atoms with E-state index in [-0.39, 0.29) is 17.7 Å². The van der Waals surface area contributed by atoms with Crippen molar-refractivity contribution >= 4 is 38.6 Å². The first-order chi connectivity index (χ1) is 18.3. The van der Waals surface area contributed by atoms with E-state index in [2.05, 4.69) is 26.3 Å². The van der Waals surface area contributed by atoms with Gasteiger partial charge in [-0.15, -0.1) is 0 Å². The number of nitrogens with zero attached hydrogens (tertiary/aromatic N) is 4. The molecule has 3 heterocycles. The molecule has 1 aliphatic heterocycles. The van der Waals surface area contributed by atoms with Crippen LogP contribution in [0, 0.1) is 13.8 Å². The number of methoxy groups -OCH3 is 1. The van der Waals surface area contributed by atoms with Crippen LogP contribution in [0.5, 0.6) is 17.5 Å². The predicted octanol–water partition coefficient (Wildman–Crippen LogP) is 4.67. The number of aromatic hydroxyl groups is 2. The Hall–Kier alpha value is -3.76. The van der Waals surface area contributed by atoms with Gasteiger partial charge in [-0.3, -0.25) is 15.1 Å². The number of nitrogens with one attached hydrogen (secondary N) is 1. The minimum absolute atomic E-state index is 0.0234. The average Bonchev–Trinajstić information content (AvgIpc) is 3.10. The van der Waals surface area contributed by atoms with Gasteiger partial charge in [-0.25, -0.2) is 4.98 Å². The fraction of sp³-hybridized carbons (Fsp3) is 0.286. The lowest BCUT2D eigenvalue weighted by Crippen LogP contribution is -2.48. The molecule has 0 aliphatic carbocycles. The van der Waals surface area contributed by atoms with Gasteiger partial charge in [0.15, 0.2) is 0 Å². The van der Waals surface area contributed by atoms with Gasteiger partial charge in [0.2, 0.25) is 11.8 Å². The molecule has 2 aromatic heterocycles. The summed E-state index contributed by atoms with van der Waals surface area (Å²) >= 11 is 3.53. The maximum absolute atomic E-state index is 13.1. The molecule has 1 amide bonds. The third-order valence-corrected chi connectivity index (χ3v) is 7.62. The molecule has 3 N–H and O–H groups in total. The van der Waals surface area contributed by atoms with Crippen LogP contribution in [-0.4, -0.2) is 68.9 Å². The number of anilines is 1. The molecule has 0 spiro atoms. The largest absolute Gasteiger partial charge is 0.496 e. The van der Waals surface area contributed by atoms with E-state index in [0.29, 0.717) is 47.9 Å². The molecule has 0 saturated carbocycles. The van der Waals surface area contributed by atoms with E-state index in [1.807, 2.05) is 41.3 Å². The molecule has 0 atom stereocenters. The summed E-state index contributed by atoms with van der Waals surface area (Å²) < 4.78 is 7.52. The van der Waals surface area contributed by atoms with E-state index in [1.165, 1.54) is 4.68 Å². The lowest BCUT2D eigenvalue weighted by molar-refractivity contribution is 0.0625. The Kier molecular flexibility index (Phi) is 7.18. The van der Waals surface area contributed by atoms with Crippen LogP contribution in [0.2, 0.25) is 0 Å². The molecular weight excluding hydrogens is 550 g/mol.